The molecule has 0 N–H and O–H groups in total. The summed E-state index contributed by atoms with van der Waals surface area (Å²) in [6.07, 6.45) is 2.56. The lowest BCUT2D eigenvalue weighted by atomic mass is 9.78. The molecule has 1 aliphatic carbocycles. The van der Waals surface area contributed by atoms with E-state index in [1.165, 1.54) is 0 Å². The molecule has 1 aromatic rings. The van der Waals surface area contributed by atoms with Crippen molar-refractivity contribution in [2.24, 2.45) is 10.8 Å². The minimum atomic E-state index is 0.0805. The van der Waals surface area contributed by atoms with E-state index < -0.39 is 0 Å². The largest absolute Gasteiger partial charge is 0.293 e. The van der Waals surface area contributed by atoms with Crippen LogP contribution in [-0.4, -0.2) is 10.8 Å². The summed E-state index contributed by atoms with van der Waals surface area (Å²) in [6, 6.07) is 0. The minimum absolute atomic E-state index is 0.0805. The number of fused-ring (bicyclic) bond motifs is 1. The summed E-state index contributed by atoms with van der Waals surface area (Å²) in [5.41, 5.74) is 1.35. The lowest BCUT2D eigenvalue weighted by Crippen LogP contribution is -2.26. The van der Waals surface area contributed by atoms with Crippen LogP contribution in [-0.2, 0) is 12.8 Å². The second kappa shape index (κ2) is 3.91. The van der Waals surface area contributed by atoms with E-state index in [4.69, 9.17) is 0 Å². The topological polar surface area (TPSA) is 30.0 Å². The lowest BCUT2D eigenvalue weighted by Gasteiger charge is -2.26. The van der Waals surface area contributed by atoms with Crippen molar-refractivity contribution in [3.8, 4) is 0 Å². The summed E-state index contributed by atoms with van der Waals surface area (Å²) in [5.74, 6) is 0.286. The maximum atomic E-state index is 12.1. The number of Topliss-reactive ketones (excluding diaryl/α,β-unsaturated/α-hetero) is 1. The summed E-state index contributed by atoms with van der Waals surface area (Å²) in [6.45, 7) is 10.9. The van der Waals surface area contributed by atoms with Gasteiger partial charge in [-0.25, -0.2) is 4.98 Å². The third-order valence-electron chi connectivity index (χ3n) is 2.96. The first kappa shape index (κ1) is 12.7. The zero-order valence-corrected chi connectivity index (χ0v) is 12.2. The van der Waals surface area contributed by atoms with Crippen molar-refractivity contribution < 1.29 is 4.79 Å². The summed E-state index contributed by atoms with van der Waals surface area (Å²) in [5, 5.41) is 1.12. The van der Waals surface area contributed by atoms with Gasteiger partial charge in [0.15, 0.2) is 5.78 Å². The van der Waals surface area contributed by atoms with Crippen molar-refractivity contribution in [1.82, 2.24) is 4.98 Å². The second-order valence-electron chi connectivity index (χ2n) is 7.06. The average Bonchev–Trinajstić information content (AvgIpc) is 2.41. The molecule has 0 fully saturated rings. The predicted molar refractivity (Wildman–Crippen MR) is 71.7 cm³/mol. The fraction of sp³-hybridized carbons (Fsp3) is 0.714. The molecule has 0 atom stereocenters. The van der Waals surface area contributed by atoms with Gasteiger partial charge in [-0.2, -0.15) is 0 Å². The van der Waals surface area contributed by atoms with Gasteiger partial charge in [-0.3, -0.25) is 4.79 Å². The minimum Gasteiger partial charge on any atom is -0.293 e. The summed E-state index contributed by atoms with van der Waals surface area (Å²) in [7, 11) is 0. The molecule has 2 rings (SSSR count). The molecule has 0 amide bonds. The van der Waals surface area contributed by atoms with Crippen molar-refractivity contribution in [2.45, 2.75) is 53.9 Å². The highest BCUT2D eigenvalue weighted by Gasteiger charge is 2.34. The molecule has 0 bridgehead atoms. The Morgan fingerprint density at radius 2 is 1.94 bits per heavy atom. The normalized spacial score (nSPS) is 19.2. The summed E-state index contributed by atoms with van der Waals surface area (Å²) < 4.78 is 0. The number of rotatable bonds is 1. The van der Waals surface area contributed by atoms with Crippen LogP contribution in [0.15, 0.2) is 0 Å². The monoisotopic (exact) mass is 251 g/mol. The first-order valence-electron chi connectivity index (χ1n) is 6.18. The SMILES string of the molecule is CC(C)(C)Cc1nc2c(s1)C(=O)CC(C)(C)C2. The molecule has 0 aliphatic heterocycles. The second-order valence-corrected chi connectivity index (χ2v) is 8.15. The third kappa shape index (κ3) is 2.95. The molecule has 17 heavy (non-hydrogen) atoms. The van der Waals surface area contributed by atoms with Crippen molar-refractivity contribution in [1.29, 1.82) is 0 Å². The van der Waals surface area contributed by atoms with Crippen LogP contribution in [0.3, 0.4) is 0 Å². The Hall–Kier alpha value is -0.700. The number of hydrogen-bond acceptors (Lipinski definition) is 3. The fourth-order valence-corrected chi connectivity index (χ4v) is 3.62. The van der Waals surface area contributed by atoms with Gasteiger partial charge in [-0.05, 0) is 17.3 Å². The van der Waals surface area contributed by atoms with E-state index in [0.717, 1.165) is 28.4 Å². The number of aromatic nitrogens is 1. The van der Waals surface area contributed by atoms with E-state index in [1.54, 1.807) is 11.3 Å². The average molecular weight is 251 g/mol. The van der Waals surface area contributed by atoms with E-state index in [-0.39, 0.29) is 16.6 Å². The smallest absolute Gasteiger partial charge is 0.175 e. The molecule has 0 spiro atoms. The van der Waals surface area contributed by atoms with Gasteiger partial charge in [0, 0.05) is 12.8 Å². The number of nitrogens with zero attached hydrogens (tertiary/aromatic N) is 1. The van der Waals surface area contributed by atoms with Gasteiger partial charge >= 0.3 is 0 Å². The maximum absolute atomic E-state index is 12.1. The van der Waals surface area contributed by atoms with Crippen LogP contribution in [0.1, 0.15) is 61.4 Å². The number of carbonyl (C=O) groups excluding carboxylic acids is 1. The Morgan fingerprint density at radius 1 is 1.29 bits per heavy atom. The molecule has 3 heteroatoms. The molecular weight excluding hydrogens is 230 g/mol. The van der Waals surface area contributed by atoms with Crippen molar-refractivity contribution in [2.75, 3.05) is 0 Å². The van der Waals surface area contributed by atoms with Crippen molar-refractivity contribution >= 4 is 17.1 Å². The van der Waals surface area contributed by atoms with Crippen LogP contribution in [0, 0.1) is 10.8 Å². The highest BCUT2D eigenvalue weighted by molar-refractivity contribution is 7.13. The van der Waals surface area contributed by atoms with Gasteiger partial charge in [-0.15, -0.1) is 11.3 Å². The first-order valence-corrected chi connectivity index (χ1v) is 7.00. The standard InChI is InChI=1S/C14H21NOS/c1-13(2,3)8-11-15-9-6-14(4,5)7-10(16)12(9)17-11/h6-8H2,1-5H3. The first-order chi connectivity index (χ1) is 7.66. The van der Waals surface area contributed by atoms with Crippen LogP contribution in [0.4, 0.5) is 0 Å². The van der Waals surface area contributed by atoms with Crippen LogP contribution >= 0.6 is 11.3 Å². The fourth-order valence-electron chi connectivity index (χ4n) is 2.30. The molecule has 1 heterocycles. The molecule has 0 saturated heterocycles. The molecule has 2 nitrogen and oxygen atoms in total. The zero-order chi connectivity index (χ0) is 12.8. The predicted octanol–water partition coefficient (Wildman–Crippen LogP) is 3.89. The van der Waals surface area contributed by atoms with Gasteiger partial charge in [0.2, 0.25) is 0 Å². The molecule has 1 aromatic heterocycles. The molecule has 0 radical (unpaired) electrons. The lowest BCUT2D eigenvalue weighted by molar-refractivity contribution is 0.0916. The van der Waals surface area contributed by atoms with E-state index >= 15 is 0 Å². The van der Waals surface area contributed by atoms with Crippen molar-refractivity contribution in [3.63, 3.8) is 0 Å². The number of thiazole rings is 1. The van der Waals surface area contributed by atoms with Crippen molar-refractivity contribution in [3.05, 3.63) is 15.6 Å². The van der Waals surface area contributed by atoms with Crippen LogP contribution in [0.2, 0.25) is 0 Å². The van der Waals surface area contributed by atoms with E-state index in [1.807, 2.05) is 0 Å². The van der Waals surface area contributed by atoms with Crippen LogP contribution in [0.5, 0.6) is 0 Å². The third-order valence-corrected chi connectivity index (χ3v) is 4.10. The Balaban J connectivity index is 2.30. The molecule has 0 saturated carbocycles. The Bertz CT molecular complexity index is 451. The molecular formula is C14H21NOS. The molecule has 0 unspecified atom stereocenters. The Morgan fingerprint density at radius 3 is 2.53 bits per heavy atom. The Labute approximate surface area is 107 Å². The van der Waals surface area contributed by atoms with Gasteiger partial charge in [0.1, 0.15) is 0 Å². The number of carbonyl (C=O) groups is 1. The highest BCUT2D eigenvalue weighted by Crippen LogP contribution is 2.38. The number of ketones is 1. The van der Waals surface area contributed by atoms with Crippen LogP contribution < -0.4 is 0 Å². The van der Waals surface area contributed by atoms with E-state index in [2.05, 4.69) is 39.6 Å². The maximum Gasteiger partial charge on any atom is 0.175 e. The molecule has 1 aliphatic rings. The molecule has 0 aromatic carbocycles. The van der Waals surface area contributed by atoms with Gasteiger partial charge in [0.05, 0.1) is 15.6 Å². The summed E-state index contributed by atoms with van der Waals surface area (Å²) in [4.78, 5) is 17.7. The van der Waals surface area contributed by atoms with Gasteiger partial charge < -0.3 is 0 Å². The number of hydrogen-bond donors (Lipinski definition) is 0. The Kier molecular flexibility index (Phi) is 2.93. The summed E-state index contributed by atoms with van der Waals surface area (Å²) >= 11 is 1.61. The van der Waals surface area contributed by atoms with Crippen LogP contribution in [0.25, 0.3) is 0 Å². The van der Waals surface area contributed by atoms with E-state index in [0.29, 0.717) is 6.42 Å². The zero-order valence-electron chi connectivity index (χ0n) is 11.4. The highest BCUT2D eigenvalue weighted by atomic mass is 32.1. The van der Waals surface area contributed by atoms with Gasteiger partial charge in [0.25, 0.3) is 0 Å². The quantitative estimate of drug-likeness (QED) is 0.758. The van der Waals surface area contributed by atoms with Gasteiger partial charge in [-0.1, -0.05) is 34.6 Å². The molecule has 94 valence electrons. The van der Waals surface area contributed by atoms with E-state index in [9.17, 15) is 4.79 Å².